The normalized spacial score (nSPS) is 10.9. The van der Waals surface area contributed by atoms with Crippen LogP contribution in [-0.2, 0) is 6.54 Å². The molecule has 0 heterocycles. The lowest BCUT2D eigenvalue weighted by Gasteiger charge is -2.16. The van der Waals surface area contributed by atoms with Gasteiger partial charge in [-0.05, 0) is 36.9 Å². The SMILES string of the molecule is CN(CCC(=O)c1ccccc1Cl)Cc1cccc(F)c1. The predicted molar refractivity (Wildman–Crippen MR) is 83.1 cm³/mol. The van der Waals surface area contributed by atoms with Crippen molar-refractivity contribution >= 4 is 17.4 Å². The number of Topliss-reactive ketones (excluding diaryl/α,β-unsaturated/α-hetero) is 1. The Morgan fingerprint density at radius 1 is 1.19 bits per heavy atom. The maximum Gasteiger partial charge on any atom is 0.165 e. The summed E-state index contributed by atoms with van der Waals surface area (Å²) in [7, 11) is 1.91. The molecule has 0 aliphatic heterocycles. The summed E-state index contributed by atoms with van der Waals surface area (Å²) in [6.07, 6.45) is 0.384. The predicted octanol–water partition coefficient (Wildman–Crippen LogP) is 4.18. The van der Waals surface area contributed by atoms with Gasteiger partial charge in [0.2, 0.25) is 0 Å². The van der Waals surface area contributed by atoms with Crippen molar-refractivity contribution in [2.24, 2.45) is 0 Å². The van der Waals surface area contributed by atoms with E-state index in [9.17, 15) is 9.18 Å². The molecule has 0 unspecified atom stereocenters. The van der Waals surface area contributed by atoms with Gasteiger partial charge in [0, 0.05) is 25.1 Å². The van der Waals surface area contributed by atoms with Crippen molar-refractivity contribution in [3.05, 3.63) is 70.5 Å². The fourth-order valence-electron chi connectivity index (χ4n) is 2.14. The van der Waals surface area contributed by atoms with Crippen LogP contribution in [0.5, 0.6) is 0 Å². The Balaban J connectivity index is 1.88. The molecule has 0 N–H and O–H groups in total. The molecule has 0 aliphatic rings. The topological polar surface area (TPSA) is 20.3 Å². The number of halogens is 2. The minimum atomic E-state index is -0.243. The van der Waals surface area contributed by atoms with E-state index in [0.29, 0.717) is 30.1 Å². The van der Waals surface area contributed by atoms with E-state index in [2.05, 4.69) is 0 Å². The van der Waals surface area contributed by atoms with Gasteiger partial charge in [0.25, 0.3) is 0 Å². The standard InChI is InChI=1S/C17H17ClFNO/c1-20(12-13-5-4-6-14(19)11-13)10-9-17(21)15-7-2-3-8-16(15)18/h2-8,11H,9-10,12H2,1H3. The van der Waals surface area contributed by atoms with Crippen LogP contribution in [0.2, 0.25) is 5.02 Å². The second kappa shape index (κ2) is 7.34. The van der Waals surface area contributed by atoms with Crippen LogP contribution in [0.15, 0.2) is 48.5 Å². The van der Waals surface area contributed by atoms with E-state index in [0.717, 1.165) is 5.56 Å². The van der Waals surface area contributed by atoms with Gasteiger partial charge in [-0.15, -0.1) is 0 Å². The van der Waals surface area contributed by atoms with Crippen LogP contribution in [0.3, 0.4) is 0 Å². The molecule has 0 radical (unpaired) electrons. The molecule has 2 aromatic rings. The van der Waals surface area contributed by atoms with Gasteiger partial charge >= 0.3 is 0 Å². The monoisotopic (exact) mass is 305 g/mol. The van der Waals surface area contributed by atoms with Gasteiger partial charge in [-0.25, -0.2) is 4.39 Å². The van der Waals surface area contributed by atoms with Crippen molar-refractivity contribution < 1.29 is 9.18 Å². The second-order valence-electron chi connectivity index (χ2n) is 5.02. The van der Waals surface area contributed by atoms with Crippen molar-refractivity contribution in [2.45, 2.75) is 13.0 Å². The molecule has 0 saturated heterocycles. The van der Waals surface area contributed by atoms with E-state index in [1.807, 2.05) is 18.0 Å². The highest BCUT2D eigenvalue weighted by Crippen LogP contribution is 2.17. The number of carbonyl (C=O) groups is 1. The van der Waals surface area contributed by atoms with Crippen molar-refractivity contribution in [3.63, 3.8) is 0 Å². The van der Waals surface area contributed by atoms with Gasteiger partial charge in [0.1, 0.15) is 5.82 Å². The maximum absolute atomic E-state index is 13.1. The Kier molecular flexibility index (Phi) is 5.48. The summed E-state index contributed by atoms with van der Waals surface area (Å²) in [5, 5.41) is 0.482. The van der Waals surface area contributed by atoms with Gasteiger partial charge in [-0.3, -0.25) is 4.79 Å². The number of hydrogen-bond donors (Lipinski definition) is 0. The fourth-order valence-corrected chi connectivity index (χ4v) is 2.38. The molecule has 110 valence electrons. The number of benzene rings is 2. The zero-order chi connectivity index (χ0) is 15.2. The average Bonchev–Trinajstić information content (AvgIpc) is 2.45. The summed E-state index contributed by atoms with van der Waals surface area (Å²) in [5.74, 6) is -0.222. The van der Waals surface area contributed by atoms with Gasteiger partial charge in [-0.1, -0.05) is 35.9 Å². The first-order valence-electron chi connectivity index (χ1n) is 6.77. The van der Waals surface area contributed by atoms with Crippen LogP contribution in [0.4, 0.5) is 4.39 Å². The van der Waals surface area contributed by atoms with Gasteiger partial charge in [0.05, 0.1) is 5.02 Å². The lowest BCUT2D eigenvalue weighted by Crippen LogP contribution is -2.21. The Labute approximate surface area is 129 Å². The van der Waals surface area contributed by atoms with Crippen LogP contribution in [0, 0.1) is 5.82 Å². The smallest absolute Gasteiger partial charge is 0.165 e. The highest BCUT2D eigenvalue weighted by Gasteiger charge is 2.11. The number of carbonyl (C=O) groups excluding carboxylic acids is 1. The summed E-state index contributed by atoms with van der Waals surface area (Å²) < 4.78 is 13.1. The molecule has 2 rings (SSSR count). The molecule has 21 heavy (non-hydrogen) atoms. The second-order valence-corrected chi connectivity index (χ2v) is 5.43. The van der Waals surface area contributed by atoms with Crippen molar-refractivity contribution in [3.8, 4) is 0 Å². The minimum absolute atomic E-state index is 0.0201. The zero-order valence-electron chi connectivity index (χ0n) is 11.9. The molecule has 0 amide bonds. The molecule has 0 aliphatic carbocycles. The van der Waals surface area contributed by atoms with Gasteiger partial charge in [-0.2, -0.15) is 0 Å². The van der Waals surface area contributed by atoms with Crippen LogP contribution < -0.4 is 0 Å². The Bertz CT molecular complexity index is 630. The summed E-state index contributed by atoms with van der Waals surface area (Å²) in [6, 6.07) is 13.5. The number of nitrogens with zero attached hydrogens (tertiary/aromatic N) is 1. The summed E-state index contributed by atoms with van der Waals surface area (Å²) in [4.78, 5) is 14.1. The average molecular weight is 306 g/mol. The molecule has 0 spiro atoms. The molecule has 4 heteroatoms. The van der Waals surface area contributed by atoms with E-state index in [4.69, 9.17) is 11.6 Å². The molecule has 2 nitrogen and oxygen atoms in total. The largest absolute Gasteiger partial charge is 0.302 e. The first-order chi connectivity index (χ1) is 10.1. The van der Waals surface area contributed by atoms with Crippen LogP contribution in [0.1, 0.15) is 22.3 Å². The maximum atomic E-state index is 13.1. The Morgan fingerprint density at radius 3 is 2.67 bits per heavy atom. The molecular formula is C17H17ClFNO. The summed E-state index contributed by atoms with van der Waals surface area (Å²) in [5.41, 5.74) is 1.45. The van der Waals surface area contributed by atoms with E-state index in [1.54, 1.807) is 30.3 Å². The third-order valence-corrected chi connectivity index (χ3v) is 3.57. The number of ketones is 1. The highest BCUT2D eigenvalue weighted by atomic mass is 35.5. The Morgan fingerprint density at radius 2 is 1.95 bits per heavy atom. The third-order valence-electron chi connectivity index (χ3n) is 3.24. The lowest BCUT2D eigenvalue weighted by atomic mass is 10.1. The van der Waals surface area contributed by atoms with Crippen LogP contribution in [0.25, 0.3) is 0 Å². The van der Waals surface area contributed by atoms with E-state index in [1.165, 1.54) is 12.1 Å². The minimum Gasteiger partial charge on any atom is -0.302 e. The number of rotatable bonds is 6. The number of hydrogen-bond acceptors (Lipinski definition) is 2. The molecule has 0 atom stereocenters. The first-order valence-corrected chi connectivity index (χ1v) is 7.15. The van der Waals surface area contributed by atoms with E-state index >= 15 is 0 Å². The third kappa shape index (κ3) is 4.66. The molecular weight excluding hydrogens is 289 g/mol. The molecule has 0 fully saturated rings. The van der Waals surface area contributed by atoms with Gasteiger partial charge < -0.3 is 4.90 Å². The van der Waals surface area contributed by atoms with Crippen molar-refractivity contribution in [2.75, 3.05) is 13.6 Å². The van der Waals surface area contributed by atoms with Crippen molar-refractivity contribution in [1.29, 1.82) is 0 Å². The molecule has 2 aromatic carbocycles. The molecule has 0 bridgehead atoms. The fraction of sp³-hybridized carbons (Fsp3) is 0.235. The molecule has 0 saturated carbocycles. The zero-order valence-corrected chi connectivity index (χ0v) is 12.6. The van der Waals surface area contributed by atoms with E-state index in [-0.39, 0.29) is 11.6 Å². The summed E-state index contributed by atoms with van der Waals surface area (Å²) >= 11 is 6.01. The van der Waals surface area contributed by atoms with Crippen LogP contribution >= 0.6 is 11.6 Å². The van der Waals surface area contributed by atoms with Crippen molar-refractivity contribution in [1.82, 2.24) is 4.90 Å². The first kappa shape index (κ1) is 15.7. The van der Waals surface area contributed by atoms with Gasteiger partial charge in [0.15, 0.2) is 5.78 Å². The highest BCUT2D eigenvalue weighted by molar-refractivity contribution is 6.33. The van der Waals surface area contributed by atoms with E-state index < -0.39 is 0 Å². The quantitative estimate of drug-likeness (QED) is 0.746. The summed E-state index contributed by atoms with van der Waals surface area (Å²) in [6.45, 7) is 1.20. The van der Waals surface area contributed by atoms with Crippen LogP contribution in [-0.4, -0.2) is 24.3 Å². The molecule has 0 aromatic heterocycles. The lowest BCUT2D eigenvalue weighted by molar-refractivity contribution is 0.0968. The Hall–Kier alpha value is -1.71.